The van der Waals surface area contributed by atoms with Gasteiger partial charge in [0.2, 0.25) is 5.91 Å². The topological polar surface area (TPSA) is 49.9 Å². The maximum absolute atomic E-state index is 11.9. The van der Waals surface area contributed by atoms with Crippen LogP contribution in [0.25, 0.3) is 0 Å². The third-order valence-corrected chi connectivity index (χ3v) is 3.33. The van der Waals surface area contributed by atoms with Crippen molar-refractivity contribution in [3.05, 3.63) is 0 Å². The molecule has 0 aliphatic carbocycles. The molecule has 0 saturated carbocycles. The van der Waals surface area contributed by atoms with Crippen LogP contribution in [0.2, 0.25) is 0 Å². The molecule has 5 heteroatoms. The fourth-order valence-corrected chi connectivity index (χ4v) is 2.15. The monoisotopic (exact) mass is 256 g/mol. The first kappa shape index (κ1) is 15.1. The number of hydrogen-bond donors (Lipinski definition) is 0. The molecule has 0 aromatic carbocycles. The highest BCUT2D eigenvalue weighted by Crippen LogP contribution is 2.13. The van der Waals surface area contributed by atoms with Gasteiger partial charge in [-0.2, -0.15) is 0 Å². The predicted octanol–water partition coefficient (Wildman–Crippen LogP) is 0.392. The molecule has 1 fully saturated rings. The number of amides is 1. The van der Waals surface area contributed by atoms with Crippen LogP contribution in [0, 0.1) is 5.92 Å². The molecule has 0 N–H and O–H groups in total. The van der Waals surface area contributed by atoms with Gasteiger partial charge in [-0.05, 0) is 27.3 Å². The van der Waals surface area contributed by atoms with Crippen molar-refractivity contribution in [1.29, 1.82) is 0 Å². The van der Waals surface area contributed by atoms with Crippen molar-refractivity contribution in [2.75, 3.05) is 46.4 Å². The number of carbonyl (C=O) groups is 2. The molecule has 5 nitrogen and oxygen atoms in total. The fraction of sp³-hybridized carbons (Fsp3) is 0.846. The minimum Gasteiger partial charge on any atom is -0.381 e. The van der Waals surface area contributed by atoms with E-state index in [4.69, 9.17) is 4.74 Å². The Labute approximate surface area is 109 Å². The van der Waals surface area contributed by atoms with Crippen LogP contribution in [0.15, 0.2) is 0 Å². The molecule has 0 aromatic heterocycles. The number of hydrogen-bond acceptors (Lipinski definition) is 4. The zero-order valence-electron chi connectivity index (χ0n) is 11.6. The molecule has 1 rings (SSSR count). The summed E-state index contributed by atoms with van der Waals surface area (Å²) in [5.74, 6) is 0.288. The molecule has 0 aromatic rings. The van der Waals surface area contributed by atoms with E-state index in [0.29, 0.717) is 39.4 Å². The molecule has 1 atom stereocenters. The Bertz CT molecular complexity index is 268. The van der Waals surface area contributed by atoms with E-state index in [1.54, 1.807) is 9.80 Å². The van der Waals surface area contributed by atoms with E-state index in [1.807, 2.05) is 20.9 Å². The summed E-state index contributed by atoms with van der Waals surface area (Å²) in [6.45, 7) is 7.21. The third kappa shape index (κ3) is 4.38. The maximum atomic E-state index is 11.9. The van der Waals surface area contributed by atoms with Crippen LogP contribution in [0.3, 0.4) is 0 Å². The summed E-state index contributed by atoms with van der Waals surface area (Å²) in [6.07, 6.45) is 0.816. The van der Waals surface area contributed by atoms with Crippen molar-refractivity contribution in [2.45, 2.75) is 20.3 Å². The summed E-state index contributed by atoms with van der Waals surface area (Å²) in [6, 6.07) is 0. The smallest absolute Gasteiger partial charge is 0.236 e. The molecule has 0 spiro atoms. The number of nitrogens with zero attached hydrogens (tertiary/aromatic N) is 2. The van der Waals surface area contributed by atoms with Gasteiger partial charge in [0.1, 0.15) is 0 Å². The van der Waals surface area contributed by atoms with Crippen LogP contribution >= 0.6 is 0 Å². The zero-order chi connectivity index (χ0) is 13.5. The molecule has 0 radical (unpaired) electrons. The van der Waals surface area contributed by atoms with Crippen molar-refractivity contribution in [3.8, 4) is 0 Å². The van der Waals surface area contributed by atoms with Gasteiger partial charge in [0.05, 0.1) is 19.7 Å². The average Bonchev–Trinajstić information content (AvgIpc) is 2.83. The summed E-state index contributed by atoms with van der Waals surface area (Å²) in [5, 5.41) is 0. The predicted molar refractivity (Wildman–Crippen MR) is 69.4 cm³/mol. The minimum atomic E-state index is 0.0241. The largest absolute Gasteiger partial charge is 0.381 e. The van der Waals surface area contributed by atoms with Gasteiger partial charge in [-0.1, -0.05) is 0 Å². The number of rotatable bonds is 7. The first-order valence-electron chi connectivity index (χ1n) is 6.65. The van der Waals surface area contributed by atoms with Gasteiger partial charge in [-0.15, -0.1) is 0 Å². The van der Waals surface area contributed by atoms with Crippen LogP contribution in [0.1, 0.15) is 20.3 Å². The van der Waals surface area contributed by atoms with E-state index in [-0.39, 0.29) is 17.6 Å². The first-order valence-corrected chi connectivity index (χ1v) is 6.65. The van der Waals surface area contributed by atoms with E-state index in [1.165, 1.54) is 0 Å². The quantitative estimate of drug-likeness (QED) is 0.661. The molecule has 18 heavy (non-hydrogen) atoms. The number of Topliss-reactive ketones (excluding diaryl/α,β-unsaturated/α-hetero) is 1. The highest BCUT2D eigenvalue weighted by molar-refractivity contribution is 5.84. The van der Waals surface area contributed by atoms with Gasteiger partial charge in [-0.3, -0.25) is 14.5 Å². The van der Waals surface area contributed by atoms with Gasteiger partial charge in [-0.25, -0.2) is 0 Å². The van der Waals surface area contributed by atoms with Crippen LogP contribution in [0.5, 0.6) is 0 Å². The molecule has 1 saturated heterocycles. The minimum absolute atomic E-state index is 0.0241. The van der Waals surface area contributed by atoms with Crippen molar-refractivity contribution >= 4 is 11.7 Å². The van der Waals surface area contributed by atoms with Crippen LogP contribution < -0.4 is 0 Å². The molecular formula is C13H24N2O3. The Balaban J connectivity index is 2.33. The lowest BCUT2D eigenvalue weighted by molar-refractivity contribution is -0.132. The molecule has 1 aliphatic heterocycles. The number of carbonyl (C=O) groups excluding carboxylic acids is 2. The standard InChI is InChI=1S/C13H24N2O3/c1-4-15(5-2)13(17)9-14(3)8-12(16)11-6-7-18-10-11/h11H,4-10H2,1-3H3. The number of likely N-dealkylation sites (N-methyl/N-ethyl adjacent to an activating group) is 2. The Morgan fingerprint density at radius 3 is 2.39 bits per heavy atom. The van der Waals surface area contributed by atoms with Gasteiger partial charge in [0.25, 0.3) is 0 Å². The second-order valence-electron chi connectivity index (χ2n) is 4.77. The van der Waals surface area contributed by atoms with Gasteiger partial charge < -0.3 is 9.64 Å². The molecule has 1 heterocycles. The highest BCUT2D eigenvalue weighted by atomic mass is 16.5. The van der Waals surface area contributed by atoms with Gasteiger partial charge in [0.15, 0.2) is 5.78 Å². The molecule has 1 unspecified atom stereocenters. The third-order valence-electron chi connectivity index (χ3n) is 3.33. The summed E-state index contributed by atoms with van der Waals surface area (Å²) in [7, 11) is 1.81. The van der Waals surface area contributed by atoms with Crippen molar-refractivity contribution in [3.63, 3.8) is 0 Å². The lowest BCUT2D eigenvalue weighted by atomic mass is 10.0. The van der Waals surface area contributed by atoms with Crippen molar-refractivity contribution < 1.29 is 14.3 Å². The van der Waals surface area contributed by atoms with E-state index in [0.717, 1.165) is 6.42 Å². The second kappa shape index (κ2) is 7.48. The van der Waals surface area contributed by atoms with Crippen molar-refractivity contribution in [2.24, 2.45) is 5.92 Å². The highest BCUT2D eigenvalue weighted by Gasteiger charge is 2.24. The summed E-state index contributed by atoms with van der Waals surface area (Å²) in [4.78, 5) is 27.3. The van der Waals surface area contributed by atoms with Crippen LogP contribution in [0.4, 0.5) is 0 Å². The SMILES string of the molecule is CCN(CC)C(=O)CN(C)CC(=O)C1CCOC1. The van der Waals surface area contributed by atoms with Crippen LogP contribution in [-0.2, 0) is 14.3 Å². The molecular weight excluding hydrogens is 232 g/mol. The summed E-state index contributed by atoms with van der Waals surface area (Å²) >= 11 is 0. The Hall–Kier alpha value is -0.940. The second-order valence-corrected chi connectivity index (χ2v) is 4.77. The molecule has 104 valence electrons. The normalized spacial score (nSPS) is 19.2. The summed E-state index contributed by atoms with van der Waals surface area (Å²) in [5.41, 5.74) is 0. The van der Waals surface area contributed by atoms with E-state index < -0.39 is 0 Å². The Morgan fingerprint density at radius 2 is 1.89 bits per heavy atom. The van der Waals surface area contributed by atoms with E-state index >= 15 is 0 Å². The lowest BCUT2D eigenvalue weighted by Crippen LogP contribution is -2.41. The number of ketones is 1. The van der Waals surface area contributed by atoms with Crippen molar-refractivity contribution in [1.82, 2.24) is 9.80 Å². The Kier molecular flexibility index (Phi) is 6.29. The fourth-order valence-electron chi connectivity index (χ4n) is 2.15. The molecule has 1 amide bonds. The lowest BCUT2D eigenvalue weighted by Gasteiger charge is -2.23. The number of ether oxygens (including phenoxy) is 1. The zero-order valence-corrected chi connectivity index (χ0v) is 11.6. The molecule has 0 bridgehead atoms. The maximum Gasteiger partial charge on any atom is 0.236 e. The van der Waals surface area contributed by atoms with Crippen LogP contribution in [-0.4, -0.2) is 67.9 Å². The first-order chi connectivity index (χ1) is 8.58. The Morgan fingerprint density at radius 1 is 1.22 bits per heavy atom. The van der Waals surface area contributed by atoms with E-state index in [2.05, 4.69) is 0 Å². The van der Waals surface area contributed by atoms with E-state index in [9.17, 15) is 9.59 Å². The molecule has 1 aliphatic rings. The van der Waals surface area contributed by atoms with Gasteiger partial charge in [0, 0.05) is 25.6 Å². The average molecular weight is 256 g/mol. The van der Waals surface area contributed by atoms with Gasteiger partial charge >= 0.3 is 0 Å². The summed E-state index contributed by atoms with van der Waals surface area (Å²) < 4.78 is 5.20.